The first-order valence-electron chi connectivity index (χ1n) is 10.4. The second-order valence-corrected chi connectivity index (χ2v) is 10.6. The van der Waals surface area contributed by atoms with Crippen molar-refractivity contribution in [2.75, 3.05) is 18.4 Å². The highest BCUT2D eigenvalue weighted by Crippen LogP contribution is 2.28. The molecule has 7 nitrogen and oxygen atoms in total. The average molecular weight is 433 g/mol. The third-order valence-electron chi connectivity index (χ3n) is 5.99. The van der Waals surface area contributed by atoms with E-state index in [2.05, 4.69) is 24.3 Å². The molecule has 0 aliphatic carbocycles. The van der Waals surface area contributed by atoms with Gasteiger partial charge in [0, 0.05) is 37.1 Å². The molecule has 1 aliphatic rings. The number of aryl methyl sites for hydroxylation is 2. The largest absolute Gasteiger partial charge is 0.326 e. The fourth-order valence-electron chi connectivity index (χ4n) is 4.46. The number of sulfonamides is 1. The van der Waals surface area contributed by atoms with Gasteiger partial charge >= 0.3 is 0 Å². The fourth-order valence-corrected chi connectivity index (χ4v) is 6.14. The Morgan fingerprint density at radius 3 is 2.20 bits per heavy atom. The van der Waals surface area contributed by atoms with Crippen LogP contribution in [0.4, 0.5) is 5.69 Å². The van der Waals surface area contributed by atoms with Crippen LogP contribution in [0.2, 0.25) is 0 Å². The van der Waals surface area contributed by atoms with Crippen molar-refractivity contribution in [1.82, 2.24) is 14.1 Å². The van der Waals surface area contributed by atoms with Crippen LogP contribution in [0.1, 0.15) is 50.1 Å². The number of aromatic nitrogens is 2. The van der Waals surface area contributed by atoms with Gasteiger partial charge in [-0.3, -0.25) is 9.48 Å². The number of carbonyl (C=O) groups excluding carboxylic acids is 1. The van der Waals surface area contributed by atoms with E-state index in [9.17, 15) is 13.2 Å². The molecule has 0 bridgehead atoms. The van der Waals surface area contributed by atoms with Gasteiger partial charge < -0.3 is 5.32 Å². The molecular formula is C22H32N4O3S. The lowest BCUT2D eigenvalue weighted by molar-refractivity contribution is -0.117. The van der Waals surface area contributed by atoms with E-state index in [0.29, 0.717) is 30.6 Å². The normalized spacial score (nSPS) is 21.4. The van der Waals surface area contributed by atoms with E-state index in [0.717, 1.165) is 23.4 Å². The van der Waals surface area contributed by atoms with Crippen LogP contribution in [0.3, 0.4) is 0 Å². The molecular weight excluding hydrogens is 400 g/mol. The summed E-state index contributed by atoms with van der Waals surface area (Å²) >= 11 is 0. The summed E-state index contributed by atoms with van der Waals surface area (Å²) in [6.07, 6.45) is 1.05. The van der Waals surface area contributed by atoms with Gasteiger partial charge in [0.2, 0.25) is 15.9 Å². The molecule has 1 amide bonds. The van der Waals surface area contributed by atoms with Crippen molar-refractivity contribution in [3.8, 4) is 0 Å². The van der Waals surface area contributed by atoms with Gasteiger partial charge in [0.1, 0.15) is 0 Å². The first-order valence-corrected chi connectivity index (χ1v) is 11.9. The minimum atomic E-state index is -3.53. The number of piperidine rings is 1. The van der Waals surface area contributed by atoms with E-state index in [1.54, 1.807) is 33.3 Å². The highest BCUT2D eigenvalue weighted by molar-refractivity contribution is 7.89. The van der Waals surface area contributed by atoms with Crippen molar-refractivity contribution in [2.45, 2.75) is 51.9 Å². The van der Waals surface area contributed by atoms with Crippen LogP contribution in [0.25, 0.3) is 0 Å². The molecule has 2 aromatic rings. The summed E-state index contributed by atoms with van der Waals surface area (Å²) in [5, 5.41) is 7.27. The Bertz CT molecular complexity index is 1020. The van der Waals surface area contributed by atoms with Crippen molar-refractivity contribution in [2.24, 2.45) is 18.9 Å². The molecule has 3 atom stereocenters. The van der Waals surface area contributed by atoms with Crippen molar-refractivity contribution >= 4 is 21.6 Å². The summed E-state index contributed by atoms with van der Waals surface area (Å²) in [6, 6.07) is 6.44. The van der Waals surface area contributed by atoms with E-state index in [1.807, 2.05) is 27.8 Å². The average Bonchev–Trinajstić information content (AvgIpc) is 2.92. The SMILES string of the molecule is Cc1nn(C)c(C)c1[C@H](C)C(=O)Nc1ccc(S(=O)(=O)N2C[C@H](C)C[C@@H](C)C2)cc1. The molecule has 0 radical (unpaired) electrons. The predicted octanol–water partition coefficient (Wildman–Crippen LogP) is 3.45. The maximum atomic E-state index is 13.0. The van der Waals surface area contributed by atoms with Crippen LogP contribution >= 0.6 is 0 Å². The van der Waals surface area contributed by atoms with Gasteiger partial charge in [-0.1, -0.05) is 13.8 Å². The molecule has 0 spiro atoms. The Hall–Kier alpha value is -2.19. The minimum absolute atomic E-state index is 0.150. The number of anilines is 1. The highest BCUT2D eigenvalue weighted by Gasteiger charge is 2.31. The van der Waals surface area contributed by atoms with Gasteiger partial charge in [-0.25, -0.2) is 8.42 Å². The summed E-state index contributed by atoms with van der Waals surface area (Å²) in [6.45, 7) is 11.0. The molecule has 3 rings (SSSR count). The van der Waals surface area contributed by atoms with E-state index >= 15 is 0 Å². The third-order valence-corrected chi connectivity index (χ3v) is 7.83. The number of benzene rings is 1. The summed E-state index contributed by atoms with van der Waals surface area (Å²) in [4.78, 5) is 13.0. The van der Waals surface area contributed by atoms with Crippen LogP contribution in [0.15, 0.2) is 29.2 Å². The topological polar surface area (TPSA) is 84.3 Å². The van der Waals surface area contributed by atoms with Gasteiger partial charge in [0.25, 0.3) is 0 Å². The van der Waals surface area contributed by atoms with Gasteiger partial charge in [-0.2, -0.15) is 9.40 Å². The smallest absolute Gasteiger partial charge is 0.243 e. The Morgan fingerprint density at radius 1 is 1.13 bits per heavy atom. The van der Waals surface area contributed by atoms with Gasteiger partial charge in [-0.15, -0.1) is 0 Å². The minimum Gasteiger partial charge on any atom is -0.326 e. The van der Waals surface area contributed by atoms with Crippen molar-refractivity contribution in [3.63, 3.8) is 0 Å². The Morgan fingerprint density at radius 2 is 1.70 bits per heavy atom. The fraction of sp³-hybridized carbons (Fsp3) is 0.545. The first kappa shape index (κ1) is 22.5. The van der Waals surface area contributed by atoms with Gasteiger partial charge in [0.15, 0.2) is 0 Å². The zero-order valence-corrected chi connectivity index (χ0v) is 19.5. The molecule has 30 heavy (non-hydrogen) atoms. The van der Waals surface area contributed by atoms with Crippen LogP contribution < -0.4 is 5.32 Å². The number of nitrogens with zero attached hydrogens (tertiary/aromatic N) is 3. The molecule has 1 aliphatic heterocycles. The number of carbonyl (C=O) groups is 1. The second kappa shape index (κ2) is 8.51. The summed E-state index contributed by atoms with van der Waals surface area (Å²) < 4.78 is 29.4. The maximum Gasteiger partial charge on any atom is 0.243 e. The zero-order chi connectivity index (χ0) is 22.2. The van der Waals surface area contributed by atoms with Crippen LogP contribution in [0, 0.1) is 25.7 Å². The molecule has 164 valence electrons. The Kier molecular flexibility index (Phi) is 6.38. The molecule has 1 fully saturated rings. The number of hydrogen-bond donors (Lipinski definition) is 1. The number of nitrogens with one attached hydrogen (secondary N) is 1. The molecule has 1 aromatic carbocycles. The molecule has 0 saturated carbocycles. The summed E-state index contributed by atoms with van der Waals surface area (Å²) in [5.74, 6) is 0.188. The van der Waals surface area contributed by atoms with E-state index < -0.39 is 10.0 Å². The number of amides is 1. The van der Waals surface area contributed by atoms with E-state index in [-0.39, 0.29) is 16.7 Å². The lowest BCUT2D eigenvalue weighted by Gasteiger charge is -2.34. The van der Waals surface area contributed by atoms with Crippen LogP contribution in [-0.2, 0) is 21.9 Å². The monoisotopic (exact) mass is 432 g/mol. The highest BCUT2D eigenvalue weighted by atomic mass is 32.2. The van der Waals surface area contributed by atoms with Gasteiger partial charge in [-0.05, 0) is 63.3 Å². The molecule has 2 heterocycles. The summed E-state index contributed by atoms with van der Waals surface area (Å²) in [5.41, 5.74) is 3.29. The standard InChI is InChI=1S/C22H32N4O3S/c1-14-11-15(2)13-26(12-14)30(28,29)20-9-7-19(8-10-20)23-22(27)16(3)21-17(4)24-25(6)18(21)5/h7-10,14-16H,11-13H2,1-6H3,(H,23,27)/t14-,15-,16+/m1/s1. The quantitative estimate of drug-likeness (QED) is 0.784. The first-order chi connectivity index (χ1) is 14.0. The zero-order valence-electron chi connectivity index (χ0n) is 18.6. The maximum absolute atomic E-state index is 13.0. The van der Waals surface area contributed by atoms with Gasteiger partial charge in [0.05, 0.1) is 16.5 Å². The molecule has 1 N–H and O–H groups in total. The van der Waals surface area contributed by atoms with Crippen LogP contribution in [-0.4, -0.2) is 41.5 Å². The Labute approximate surface area is 179 Å². The van der Waals surface area contributed by atoms with E-state index in [4.69, 9.17) is 0 Å². The second-order valence-electron chi connectivity index (χ2n) is 8.71. The van der Waals surface area contributed by atoms with Crippen molar-refractivity contribution in [1.29, 1.82) is 0 Å². The lowest BCUT2D eigenvalue weighted by atomic mass is 9.94. The molecule has 1 saturated heterocycles. The van der Waals surface area contributed by atoms with Crippen molar-refractivity contribution in [3.05, 3.63) is 41.2 Å². The molecule has 1 aromatic heterocycles. The number of hydrogen-bond acceptors (Lipinski definition) is 4. The van der Waals surface area contributed by atoms with Crippen molar-refractivity contribution < 1.29 is 13.2 Å². The molecule has 8 heteroatoms. The van der Waals surface area contributed by atoms with Crippen LogP contribution in [0.5, 0.6) is 0 Å². The Balaban J connectivity index is 1.73. The van der Waals surface area contributed by atoms with E-state index in [1.165, 1.54) is 0 Å². The third kappa shape index (κ3) is 4.44. The predicted molar refractivity (Wildman–Crippen MR) is 118 cm³/mol. The molecule has 0 unspecified atom stereocenters. The lowest BCUT2D eigenvalue weighted by Crippen LogP contribution is -2.42. The summed E-state index contributed by atoms with van der Waals surface area (Å²) in [7, 11) is -1.67. The number of rotatable bonds is 5.